The van der Waals surface area contributed by atoms with Gasteiger partial charge in [0.15, 0.2) is 6.61 Å². The Bertz CT molecular complexity index is 700. The second-order valence-electron chi connectivity index (χ2n) is 5.39. The Labute approximate surface area is 150 Å². The molecule has 0 fully saturated rings. The van der Waals surface area contributed by atoms with Crippen molar-refractivity contribution in [3.8, 4) is 5.75 Å². The first kappa shape index (κ1) is 18.5. The van der Waals surface area contributed by atoms with Crippen LogP contribution < -0.4 is 10.1 Å². The molecule has 1 heterocycles. The Hall–Kier alpha value is -1.86. The zero-order valence-electron chi connectivity index (χ0n) is 14.1. The van der Waals surface area contributed by atoms with Crippen LogP contribution in [0.3, 0.4) is 0 Å². The molecule has 0 atom stereocenters. The summed E-state index contributed by atoms with van der Waals surface area (Å²) in [4.78, 5) is 12.0. The van der Waals surface area contributed by atoms with E-state index in [0.717, 1.165) is 21.4 Å². The molecule has 6 nitrogen and oxygen atoms in total. The molecule has 0 radical (unpaired) electrons. The predicted molar refractivity (Wildman–Crippen MR) is 95.1 cm³/mol. The number of carbonyl (C=O) groups excluding carboxylic acids is 1. The van der Waals surface area contributed by atoms with Crippen LogP contribution in [0, 0.1) is 13.8 Å². The van der Waals surface area contributed by atoms with Crippen molar-refractivity contribution in [2.75, 3.05) is 20.3 Å². The van der Waals surface area contributed by atoms with Gasteiger partial charge >= 0.3 is 0 Å². The van der Waals surface area contributed by atoms with Gasteiger partial charge in [0, 0.05) is 29.4 Å². The average Bonchev–Trinajstić information content (AvgIpc) is 2.83. The van der Waals surface area contributed by atoms with Gasteiger partial charge in [-0.1, -0.05) is 22.0 Å². The summed E-state index contributed by atoms with van der Waals surface area (Å²) in [5, 5.41) is 7.35. The molecule has 0 aliphatic carbocycles. The Balaban J connectivity index is 1.86. The summed E-state index contributed by atoms with van der Waals surface area (Å²) in [6.45, 7) is 5.65. The molecule has 0 saturated carbocycles. The number of hydrogen-bond donors (Lipinski definition) is 1. The van der Waals surface area contributed by atoms with Crippen LogP contribution in [-0.2, 0) is 22.6 Å². The molecule has 130 valence electrons. The monoisotopic (exact) mass is 395 g/mol. The molecular weight excluding hydrogens is 374 g/mol. The summed E-state index contributed by atoms with van der Waals surface area (Å²) in [6, 6.07) is 7.39. The molecule has 0 unspecified atom stereocenters. The van der Waals surface area contributed by atoms with E-state index in [1.165, 1.54) is 0 Å². The predicted octanol–water partition coefficient (Wildman–Crippen LogP) is 2.60. The first-order valence-corrected chi connectivity index (χ1v) is 8.47. The lowest BCUT2D eigenvalue weighted by atomic mass is 10.2. The van der Waals surface area contributed by atoms with Crippen LogP contribution in [0.2, 0.25) is 0 Å². The molecule has 0 saturated heterocycles. The molecule has 1 amide bonds. The summed E-state index contributed by atoms with van der Waals surface area (Å²) >= 11 is 3.37. The van der Waals surface area contributed by atoms with Crippen molar-refractivity contribution in [1.29, 1.82) is 0 Å². The Morgan fingerprint density at radius 2 is 2.17 bits per heavy atom. The van der Waals surface area contributed by atoms with E-state index in [9.17, 15) is 4.79 Å². The van der Waals surface area contributed by atoms with E-state index in [0.29, 0.717) is 25.4 Å². The number of nitrogens with zero attached hydrogens (tertiary/aromatic N) is 2. The van der Waals surface area contributed by atoms with Gasteiger partial charge in [-0.05, 0) is 32.0 Å². The maximum atomic E-state index is 12.0. The molecule has 7 heteroatoms. The zero-order chi connectivity index (χ0) is 17.5. The number of rotatable bonds is 8. The molecule has 0 bridgehead atoms. The quantitative estimate of drug-likeness (QED) is 0.745. The highest BCUT2D eigenvalue weighted by Gasteiger charge is 2.12. The highest BCUT2D eigenvalue weighted by molar-refractivity contribution is 9.10. The summed E-state index contributed by atoms with van der Waals surface area (Å²) in [7, 11) is 1.66. The number of nitrogens with one attached hydrogen (secondary N) is 1. The fraction of sp³-hybridized carbons (Fsp3) is 0.412. The summed E-state index contributed by atoms with van der Waals surface area (Å²) < 4.78 is 13.4. The molecule has 1 aromatic heterocycles. The van der Waals surface area contributed by atoms with Gasteiger partial charge in [0.25, 0.3) is 5.91 Å². The van der Waals surface area contributed by atoms with Gasteiger partial charge < -0.3 is 14.8 Å². The van der Waals surface area contributed by atoms with Crippen molar-refractivity contribution in [3.05, 3.63) is 45.7 Å². The van der Waals surface area contributed by atoms with E-state index in [-0.39, 0.29) is 12.5 Å². The van der Waals surface area contributed by atoms with E-state index >= 15 is 0 Å². The van der Waals surface area contributed by atoms with E-state index in [1.807, 2.05) is 42.8 Å². The van der Waals surface area contributed by atoms with Crippen molar-refractivity contribution < 1.29 is 14.3 Å². The third-order valence-electron chi connectivity index (χ3n) is 3.67. The van der Waals surface area contributed by atoms with E-state index < -0.39 is 0 Å². The highest BCUT2D eigenvalue weighted by Crippen LogP contribution is 2.17. The lowest BCUT2D eigenvalue weighted by Crippen LogP contribution is -2.28. The minimum atomic E-state index is -0.168. The number of aromatic nitrogens is 2. The maximum Gasteiger partial charge on any atom is 0.258 e. The van der Waals surface area contributed by atoms with Gasteiger partial charge in [-0.2, -0.15) is 5.10 Å². The second kappa shape index (κ2) is 8.84. The van der Waals surface area contributed by atoms with Crippen LogP contribution in [0.25, 0.3) is 0 Å². The minimum absolute atomic E-state index is 0.0215. The van der Waals surface area contributed by atoms with Gasteiger partial charge in [0.1, 0.15) is 5.75 Å². The Morgan fingerprint density at radius 3 is 2.88 bits per heavy atom. The summed E-state index contributed by atoms with van der Waals surface area (Å²) in [6.07, 6.45) is 0. The first-order chi connectivity index (χ1) is 11.5. The number of methoxy groups -OCH3 is 1. The van der Waals surface area contributed by atoms with Crippen molar-refractivity contribution in [1.82, 2.24) is 15.1 Å². The largest absolute Gasteiger partial charge is 0.484 e. The molecule has 0 aliphatic heterocycles. The van der Waals surface area contributed by atoms with Crippen LogP contribution in [-0.4, -0.2) is 36.0 Å². The van der Waals surface area contributed by atoms with E-state index in [1.54, 1.807) is 7.11 Å². The van der Waals surface area contributed by atoms with E-state index in [4.69, 9.17) is 9.47 Å². The molecule has 2 aromatic rings. The van der Waals surface area contributed by atoms with Gasteiger partial charge in [-0.15, -0.1) is 0 Å². The summed E-state index contributed by atoms with van der Waals surface area (Å²) in [5.74, 6) is 0.484. The average molecular weight is 396 g/mol. The Morgan fingerprint density at radius 1 is 1.38 bits per heavy atom. The van der Waals surface area contributed by atoms with Crippen molar-refractivity contribution >= 4 is 21.8 Å². The number of carbonyl (C=O) groups is 1. The lowest BCUT2D eigenvalue weighted by molar-refractivity contribution is -0.123. The fourth-order valence-electron chi connectivity index (χ4n) is 2.33. The topological polar surface area (TPSA) is 65.4 Å². The molecule has 0 aliphatic rings. The number of amides is 1. The van der Waals surface area contributed by atoms with Crippen LogP contribution in [0.15, 0.2) is 28.7 Å². The number of ether oxygens (including phenoxy) is 2. The van der Waals surface area contributed by atoms with Crippen molar-refractivity contribution in [2.45, 2.75) is 26.9 Å². The second-order valence-corrected chi connectivity index (χ2v) is 6.30. The van der Waals surface area contributed by atoms with Crippen molar-refractivity contribution in [2.24, 2.45) is 0 Å². The molecule has 1 aromatic carbocycles. The summed E-state index contributed by atoms with van der Waals surface area (Å²) in [5.41, 5.74) is 2.98. The van der Waals surface area contributed by atoms with Crippen LogP contribution in [0.1, 0.15) is 17.0 Å². The Kier molecular flexibility index (Phi) is 6.81. The number of hydrogen-bond acceptors (Lipinski definition) is 4. The number of aryl methyl sites for hydroxylation is 1. The molecule has 0 spiro atoms. The first-order valence-electron chi connectivity index (χ1n) is 7.68. The fourth-order valence-corrected chi connectivity index (χ4v) is 2.71. The molecule has 2 rings (SSSR count). The molecule has 24 heavy (non-hydrogen) atoms. The third kappa shape index (κ3) is 5.07. The lowest BCUT2D eigenvalue weighted by Gasteiger charge is -2.08. The highest BCUT2D eigenvalue weighted by atomic mass is 79.9. The zero-order valence-corrected chi connectivity index (χ0v) is 15.7. The standard InChI is InChI=1S/C17H22BrN3O3/c1-12-16(13(2)21(20-12)7-8-23-3)10-19-17(22)11-24-15-6-4-5-14(18)9-15/h4-6,9H,7-8,10-11H2,1-3H3,(H,19,22). The van der Waals surface area contributed by atoms with Crippen LogP contribution >= 0.6 is 15.9 Å². The minimum Gasteiger partial charge on any atom is -0.484 e. The van der Waals surface area contributed by atoms with Gasteiger partial charge in [0.05, 0.1) is 18.8 Å². The third-order valence-corrected chi connectivity index (χ3v) is 4.16. The van der Waals surface area contributed by atoms with Crippen molar-refractivity contribution in [3.63, 3.8) is 0 Å². The molecule has 1 N–H and O–H groups in total. The van der Waals surface area contributed by atoms with Gasteiger partial charge in [-0.3, -0.25) is 9.48 Å². The number of halogens is 1. The normalized spacial score (nSPS) is 10.7. The van der Waals surface area contributed by atoms with E-state index in [2.05, 4.69) is 26.3 Å². The maximum absolute atomic E-state index is 12.0. The van der Waals surface area contributed by atoms with Gasteiger partial charge in [-0.25, -0.2) is 0 Å². The smallest absolute Gasteiger partial charge is 0.258 e. The van der Waals surface area contributed by atoms with Crippen LogP contribution in [0.5, 0.6) is 5.75 Å². The molecular formula is C17H22BrN3O3. The van der Waals surface area contributed by atoms with Crippen LogP contribution in [0.4, 0.5) is 0 Å². The SMILES string of the molecule is COCCn1nc(C)c(CNC(=O)COc2cccc(Br)c2)c1C. The number of benzene rings is 1. The van der Waals surface area contributed by atoms with Gasteiger partial charge in [0.2, 0.25) is 0 Å².